The van der Waals surface area contributed by atoms with E-state index in [9.17, 15) is 4.79 Å². The van der Waals surface area contributed by atoms with Crippen LogP contribution in [0, 0.1) is 0 Å². The standard InChI is InChI=1S/C15H21ClN2O4/c1-20-12-8-11(9-13(21-2)15(12)22-3)17-4-6-18(7-5-17)14(19)10-16/h8-9H,4-7,10H2,1-3H3. The van der Waals surface area contributed by atoms with Gasteiger partial charge in [-0.3, -0.25) is 4.79 Å². The summed E-state index contributed by atoms with van der Waals surface area (Å²) in [6.07, 6.45) is 0. The molecule has 6 nitrogen and oxygen atoms in total. The molecule has 22 heavy (non-hydrogen) atoms. The lowest BCUT2D eigenvalue weighted by molar-refractivity contribution is -0.128. The predicted octanol–water partition coefficient (Wildman–Crippen LogP) is 1.60. The lowest BCUT2D eigenvalue weighted by Crippen LogP contribution is -2.49. The van der Waals surface area contributed by atoms with Crippen molar-refractivity contribution in [3.8, 4) is 17.2 Å². The number of piperazine rings is 1. The van der Waals surface area contributed by atoms with Crippen LogP contribution in [0.5, 0.6) is 17.2 Å². The fourth-order valence-electron chi connectivity index (χ4n) is 2.55. The number of nitrogens with zero attached hydrogens (tertiary/aromatic N) is 2. The second kappa shape index (κ2) is 7.45. The van der Waals surface area contributed by atoms with Crippen molar-refractivity contribution < 1.29 is 19.0 Å². The van der Waals surface area contributed by atoms with E-state index in [1.54, 1.807) is 26.2 Å². The monoisotopic (exact) mass is 328 g/mol. The van der Waals surface area contributed by atoms with Gasteiger partial charge in [0.2, 0.25) is 11.7 Å². The summed E-state index contributed by atoms with van der Waals surface area (Å²) >= 11 is 5.60. The number of anilines is 1. The molecule has 0 radical (unpaired) electrons. The van der Waals surface area contributed by atoms with E-state index in [4.69, 9.17) is 25.8 Å². The molecule has 7 heteroatoms. The fourth-order valence-corrected chi connectivity index (χ4v) is 2.72. The highest BCUT2D eigenvalue weighted by Crippen LogP contribution is 2.41. The maximum Gasteiger partial charge on any atom is 0.237 e. The maximum absolute atomic E-state index is 11.6. The summed E-state index contributed by atoms with van der Waals surface area (Å²) in [5.41, 5.74) is 0.979. The van der Waals surface area contributed by atoms with E-state index < -0.39 is 0 Å². The number of methoxy groups -OCH3 is 3. The van der Waals surface area contributed by atoms with Gasteiger partial charge in [-0.2, -0.15) is 0 Å². The van der Waals surface area contributed by atoms with Crippen molar-refractivity contribution in [1.82, 2.24) is 4.90 Å². The molecule has 0 aliphatic carbocycles. The van der Waals surface area contributed by atoms with Crippen LogP contribution in [0.4, 0.5) is 5.69 Å². The van der Waals surface area contributed by atoms with E-state index in [1.165, 1.54) is 0 Å². The van der Waals surface area contributed by atoms with Crippen LogP contribution < -0.4 is 19.1 Å². The number of alkyl halides is 1. The topological polar surface area (TPSA) is 51.2 Å². The zero-order valence-electron chi connectivity index (χ0n) is 13.1. The number of hydrogen-bond acceptors (Lipinski definition) is 5. The molecule has 2 rings (SSSR count). The molecular formula is C15H21ClN2O4. The van der Waals surface area contributed by atoms with E-state index in [2.05, 4.69) is 4.90 Å². The molecule has 1 saturated heterocycles. The summed E-state index contributed by atoms with van der Waals surface area (Å²) in [6.45, 7) is 2.78. The highest BCUT2D eigenvalue weighted by Gasteiger charge is 2.23. The van der Waals surface area contributed by atoms with Gasteiger partial charge in [-0.15, -0.1) is 11.6 Å². The van der Waals surface area contributed by atoms with Gasteiger partial charge in [0, 0.05) is 44.0 Å². The maximum atomic E-state index is 11.6. The molecule has 0 unspecified atom stereocenters. The van der Waals surface area contributed by atoms with Crippen LogP contribution in [0.1, 0.15) is 0 Å². The number of carbonyl (C=O) groups excluding carboxylic acids is 1. The van der Waals surface area contributed by atoms with Crippen LogP contribution in [0.2, 0.25) is 0 Å². The Morgan fingerprint density at radius 3 is 2.00 bits per heavy atom. The van der Waals surface area contributed by atoms with Gasteiger partial charge in [0.25, 0.3) is 0 Å². The van der Waals surface area contributed by atoms with Crippen molar-refractivity contribution in [3.63, 3.8) is 0 Å². The predicted molar refractivity (Wildman–Crippen MR) is 85.6 cm³/mol. The molecule has 1 heterocycles. The molecule has 1 aliphatic rings. The molecule has 1 aliphatic heterocycles. The first-order valence-electron chi connectivity index (χ1n) is 7.03. The Labute approximate surface area is 135 Å². The Kier molecular flexibility index (Phi) is 5.60. The molecule has 1 aromatic rings. The second-order valence-corrected chi connectivity index (χ2v) is 5.15. The Bertz CT molecular complexity index is 505. The summed E-state index contributed by atoms with van der Waals surface area (Å²) in [6, 6.07) is 3.83. The molecule has 1 amide bonds. The first kappa shape index (κ1) is 16.5. The highest BCUT2D eigenvalue weighted by atomic mass is 35.5. The zero-order valence-corrected chi connectivity index (χ0v) is 13.9. The molecule has 0 atom stereocenters. The normalized spacial score (nSPS) is 14.7. The van der Waals surface area contributed by atoms with E-state index >= 15 is 0 Å². The molecule has 0 spiro atoms. The summed E-state index contributed by atoms with van der Waals surface area (Å²) < 4.78 is 16.1. The number of rotatable bonds is 5. The zero-order chi connectivity index (χ0) is 16.1. The largest absolute Gasteiger partial charge is 0.493 e. The molecule has 1 aromatic carbocycles. The van der Waals surface area contributed by atoms with Crippen molar-refractivity contribution in [2.24, 2.45) is 0 Å². The smallest absolute Gasteiger partial charge is 0.237 e. The second-order valence-electron chi connectivity index (χ2n) is 4.89. The van der Waals surface area contributed by atoms with Gasteiger partial charge in [0.05, 0.1) is 21.3 Å². The first-order valence-corrected chi connectivity index (χ1v) is 7.56. The van der Waals surface area contributed by atoms with Gasteiger partial charge in [-0.25, -0.2) is 0 Å². The average Bonchev–Trinajstić information content (AvgIpc) is 2.59. The van der Waals surface area contributed by atoms with Crippen LogP contribution in [0.25, 0.3) is 0 Å². The van der Waals surface area contributed by atoms with Crippen LogP contribution in [-0.2, 0) is 4.79 Å². The Balaban J connectivity index is 2.18. The third-order valence-corrected chi connectivity index (χ3v) is 3.99. The lowest BCUT2D eigenvalue weighted by Gasteiger charge is -2.36. The van der Waals surface area contributed by atoms with Gasteiger partial charge in [0.15, 0.2) is 11.5 Å². The van der Waals surface area contributed by atoms with Crippen molar-refractivity contribution in [2.45, 2.75) is 0 Å². The highest BCUT2D eigenvalue weighted by molar-refractivity contribution is 6.27. The molecular weight excluding hydrogens is 308 g/mol. The van der Waals surface area contributed by atoms with Crippen LogP contribution in [-0.4, -0.2) is 64.2 Å². The van der Waals surface area contributed by atoms with Crippen LogP contribution in [0.15, 0.2) is 12.1 Å². The number of amides is 1. The summed E-state index contributed by atoms with van der Waals surface area (Å²) in [5, 5.41) is 0. The Morgan fingerprint density at radius 2 is 1.59 bits per heavy atom. The summed E-state index contributed by atoms with van der Waals surface area (Å²) in [4.78, 5) is 15.6. The average molecular weight is 329 g/mol. The van der Waals surface area contributed by atoms with Gasteiger partial charge >= 0.3 is 0 Å². The Morgan fingerprint density at radius 1 is 1.05 bits per heavy atom. The van der Waals surface area contributed by atoms with Crippen molar-refractivity contribution in [3.05, 3.63) is 12.1 Å². The number of halogens is 1. The Hall–Kier alpha value is -1.82. The number of carbonyl (C=O) groups is 1. The first-order chi connectivity index (χ1) is 10.6. The fraction of sp³-hybridized carbons (Fsp3) is 0.533. The third kappa shape index (κ3) is 3.32. The van der Waals surface area contributed by atoms with E-state index in [0.29, 0.717) is 30.3 Å². The van der Waals surface area contributed by atoms with Gasteiger partial charge in [-0.05, 0) is 0 Å². The number of ether oxygens (including phenoxy) is 3. The quantitative estimate of drug-likeness (QED) is 0.768. The van der Waals surface area contributed by atoms with Gasteiger partial charge in [-0.1, -0.05) is 0 Å². The minimum atomic E-state index is -0.0220. The van der Waals surface area contributed by atoms with Crippen molar-refractivity contribution >= 4 is 23.2 Å². The van der Waals surface area contributed by atoms with Crippen molar-refractivity contribution in [2.75, 3.05) is 58.3 Å². The SMILES string of the molecule is COc1cc(N2CCN(C(=O)CCl)CC2)cc(OC)c1OC. The molecule has 122 valence electrons. The molecule has 1 fully saturated rings. The number of hydrogen-bond donors (Lipinski definition) is 0. The molecule has 0 aromatic heterocycles. The minimum Gasteiger partial charge on any atom is -0.493 e. The van der Waals surface area contributed by atoms with Crippen molar-refractivity contribution in [1.29, 1.82) is 0 Å². The summed E-state index contributed by atoms with van der Waals surface area (Å²) in [5.74, 6) is 1.83. The minimum absolute atomic E-state index is 0.0220. The summed E-state index contributed by atoms with van der Waals surface area (Å²) in [7, 11) is 4.77. The van der Waals surface area contributed by atoms with Crippen LogP contribution >= 0.6 is 11.6 Å². The molecule has 0 bridgehead atoms. The number of benzene rings is 1. The van der Waals surface area contributed by atoms with Gasteiger partial charge in [0.1, 0.15) is 5.88 Å². The van der Waals surface area contributed by atoms with E-state index in [1.807, 2.05) is 12.1 Å². The van der Waals surface area contributed by atoms with E-state index in [0.717, 1.165) is 18.8 Å². The third-order valence-electron chi connectivity index (χ3n) is 3.76. The molecule has 0 saturated carbocycles. The molecule has 0 N–H and O–H groups in total. The van der Waals surface area contributed by atoms with Crippen LogP contribution in [0.3, 0.4) is 0 Å². The lowest BCUT2D eigenvalue weighted by atomic mass is 10.2. The van der Waals surface area contributed by atoms with Gasteiger partial charge < -0.3 is 24.0 Å². The van der Waals surface area contributed by atoms with E-state index in [-0.39, 0.29) is 11.8 Å².